The van der Waals surface area contributed by atoms with E-state index in [1.807, 2.05) is 24.3 Å². The van der Waals surface area contributed by atoms with Crippen LogP contribution in [0, 0.1) is 0 Å². The monoisotopic (exact) mass is 606 g/mol. The molecule has 0 spiro atoms. The van der Waals surface area contributed by atoms with Gasteiger partial charge in [-0.25, -0.2) is 9.80 Å². The van der Waals surface area contributed by atoms with E-state index in [2.05, 4.69) is 25.3 Å². The van der Waals surface area contributed by atoms with Crippen molar-refractivity contribution in [2.24, 2.45) is 0 Å². The molecule has 44 heavy (non-hydrogen) atoms. The number of thiol groups is 2. The van der Waals surface area contributed by atoms with Gasteiger partial charge in [-0.2, -0.15) is 0 Å². The normalized spacial score (nSPS) is 14.7. The lowest BCUT2D eigenvalue weighted by atomic mass is 9.82. The highest BCUT2D eigenvalue weighted by atomic mass is 32.1. The molecule has 0 aromatic heterocycles. The summed E-state index contributed by atoms with van der Waals surface area (Å²) in [5, 5.41) is 6.19. The summed E-state index contributed by atoms with van der Waals surface area (Å²) in [6, 6.07) is 28.6. The number of amides is 4. The Balaban J connectivity index is 1.32. The van der Waals surface area contributed by atoms with E-state index >= 15 is 0 Å². The summed E-state index contributed by atoms with van der Waals surface area (Å²) >= 11 is 8.80. The van der Waals surface area contributed by atoms with Crippen LogP contribution in [0.1, 0.15) is 41.4 Å². The van der Waals surface area contributed by atoms with Crippen molar-refractivity contribution in [1.82, 2.24) is 0 Å². The van der Waals surface area contributed by atoms with Crippen molar-refractivity contribution < 1.29 is 19.2 Å². The van der Waals surface area contributed by atoms with Crippen molar-refractivity contribution in [2.75, 3.05) is 9.80 Å². The van der Waals surface area contributed by atoms with Gasteiger partial charge in [0.2, 0.25) is 0 Å². The van der Waals surface area contributed by atoms with Gasteiger partial charge in [-0.05, 0) is 93.0 Å². The van der Waals surface area contributed by atoms with Crippen molar-refractivity contribution in [3.63, 3.8) is 0 Å². The van der Waals surface area contributed by atoms with E-state index in [0.29, 0.717) is 54.2 Å². The molecule has 0 radical (unpaired) electrons. The van der Waals surface area contributed by atoms with E-state index in [1.165, 1.54) is 9.80 Å². The van der Waals surface area contributed by atoms with E-state index in [-0.39, 0.29) is 0 Å². The molecule has 0 saturated carbocycles. The van der Waals surface area contributed by atoms with Crippen LogP contribution in [0.15, 0.2) is 107 Å². The third-order valence-electron chi connectivity index (χ3n) is 8.81. The fourth-order valence-corrected chi connectivity index (χ4v) is 7.44. The van der Waals surface area contributed by atoms with Crippen LogP contribution in [0.3, 0.4) is 0 Å². The Bertz CT molecular complexity index is 2230. The van der Waals surface area contributed by atoms with Crippen molar-refractivity contribution in [1.29, 1.82) is 0 Å². The van der Waals surface area contributed by atoms with Gasteiger partial charge in [-0.1, -0.05) is 36.4 Å². The maximum absolute atomic E-state index is 13.9. The molecule has 0 aliphatic carbocycles. The minimum Gasteiger partial charge on any atom is -0.268 e. The fourth-order valence-electron chi connectivity index (χ4n) is 7.00. The largest absolute Gasteiger partial charge is 0.268 e. The van der Waals surface area contributed by atoms with Crippen LogP contribution >= 0.6 is 25.3 Å². The van der Waals surface area contributed by atoms with Gasteiger partial charge in [-0.15, -0.1) is 25.3 Å². The second kappa shape index (κ2) is 8.69. The first-order valence-electron chi connectivity index (χ1n) is 13.9. The Hall–Kier alpha value is -5.18. The number of rotatable bonds is 2. The number of carbonyl (C=O) groups is 4. The first-order valence-corrected chi connectivity index (χ1v) is 14.8. The van der Waals surface area contributed by atoms with Gasteiger partial charge in [0, 0.05) is 42.8 Å². The highest BCUT2D eigenvalue weighted by Gasteiger charge is 2.38. The van der Waals surface area contributed by atoms with Crippen LogP contribution in [0.4, 0.5) is 11.4 Å². The predicted molar refractivity (Wildman–Crippen MR) is 177 cm³/mol. The molecule has 208 valence electrons. The molecule has 0 unspecified atom stereocenters. The quantitative estimate of drug-likeness (QED) is 0.0908. The van der Waals surface area contributed by atoms with Gasteiger partial charge in [-0.3, -0.25) is 19.2 Å². The standard InChI is InChI=1S/C36H18N2O4S2/c39-33-25-11-7-21-23-9-13-27-32-28(36(42)38(35(27)41)18-4-2-6-20(44)16-18)14-10-24(30(23)32)22-8-12-26(31(25)29(21)22)34(40)37(33)17-3-1-5-19(43)15-17/h1-16,43-44H. The van der Waals surface area contributed by atoms with Crippen LogP contribution in [-0.2, 0) is 0 Å². The second-order valence-electron chi connectivity index (χ2n) is 11.1. The molecule has 0 saturated heterocycles. The van der Waals surface area contributed by atoms with E-state index < -0.39 is 23.6 Å². The van der Waals surface area contributed by atoms with Crippen LogP contribution < -0.4 is 9.80 Å². The average Bonchev–Trinajstić information content (AvgIpc) is 3.02. The van der Waals surface area contributed by atoms with Gasteiger partial charge in [0.25, 0.3) is 23.6 Å². The number of hydrogen-bond acceptors (Lipinski definition) is 6. The molecular formula is C36H18N2O4S2. The Morgan fingerprint density at radius 2 is 0.705 bits per heavy atom. The first kappa shape index (κ1) is 25.3. The molecule has 7 aromatic carbocycles. The first-order chi connectivity index (χ1) is 21.3. The highest BCUT2D eigenvalue weighted by Crippen LogP contribution is 2.47. The molecule has 2 aliphatic heterocycles. The summed E-state index contributed by atoms with van der Waals surface area (Å²) in [4.78, 5) is 59.1. The molecule has 0 fully saturated rings. The van der Waals surface area contributed by atoms with Gasteiger partial charge in [0.1, 0.15) is 0 Å². The Labute approximate surface area is 260 Å². The Morgan fingerprint density at radius 3 is 1.00 bits per heavy atom. The number of imide groups is 2. The maximum Gasteiger partial charge on any atom is 0.265 e. The SMILES string of the molecule is O=C1c2ccc3c4ccc5c6c(ccc(c7ccc(c2c37)C(=O)N1c1cccc(S)c1)c64)C(=O)N(c1cccc(S)c1)C5=O. The lowest BCUT2D eigenvalue weighted by Crippen LogP contribution is -2.40. The van der Waals surface area contributed by atoms with Crippen LogP contribution in [-0.4, -0.2) is 23.6 Å². The zero-order valence-electron chi connectivity index (χ0n) is 22.7. The predicted octanol–water partition coefficient (Wildman–Crippen LogP) is 7.92. The van der Waals surface area contributed by atoms with E-state index in [4.69, 9.17) is 0 Å². The van der Waals surface area contributed by atoms with E-state index in [9.17, 15) is 19.2 Å². The van der Waals surface area contributed by atoms with Crippen LogP contribution in [0.5, 0.6) is 0 Å². The lowest BCUT2D eigenvalue weighted by molar-refractivity contribution is 0.0877. The molecule has 2 heterocycles. The van der Waals surface area contributed by atoms with Gasteiger partial charge in [0.15, 0.2) is 0 Å². The number of hydrogen-bond donors (Lipinski definition) is 2. The van der Waals surface area contributed by atoms with Crippen LogP contribution in [0.2, 0.25) is 0 Å². The summed E-state index contributed by atoms with van der Waals surface area (Å²) in [6.07, 6.45) is 0. The molecule has 0 N–H and O–H groups in total. The van der Waals surface area contributed by atoms with Gasteiger partial charge < -0.3 is 0 Å². The summed E-state index contributed by atoms with van der Waals surface area (Å²) in [7, 11) is 0. The zero-order valence-corrected chi connectivity index (χ0v) is 24.4. The summed E-state index contributed by atoms with van der Waals surface area (Å²) in [6.45, 7) is 0. The van der Waals surface area contributed by atoms with Crippen molar-refractivity contribution >= 4 is 103 Å². The number of nitrogens with zero attached hydrogens (tertiary/aromatic N) is 2. The molecule has 2 aliphatic rings. The average molecular weight is 607 g/mol. The molecular weight excluding hydrogens is 589 g/mol. The van der Waals surface area contributed by atoms with Crippen LogP contribution in [0.25, 0.3) is 43.1 Å². The third kappa shape index (κ3) is 3.13. The number of anilines is 2. The number of fused-ring (bicyclic) bond motifs is 2. The van der Waals surface area contributed by atoms with Crippen molar-refractivity contribution in [3.05, 3.63) is 119 Å². The zero-order chi connectivity index (χ0) is 30.0. The van der Waals surface area contributed by atoms with Gasteiger partial charge in [0.05, 0.1) is 11.4 Å². The molecule has 6 nitrogen and oxygen atoms in total. The summed E-state index contributed by atoms with van der Waals surface area (Å²) in [5.74, 6) is -1.60. The Morgan fingerprint density at radius 1 is 0.386 bits per heavy atom. The number of benzene rings is 7. The molecule has 7 aromatic rings. The molecule has 0 bridgehead atoms. The third-order valence-corrected chi connectivity index (χ3v) is 9.37. The summed E-state index contributed by atoms with van der Waals surface area (Å²) < 4.78 is 0. The minimum absolute atomic E-state index is 0.400. The lowest BCUT2D eigenvalue weighted by Gasteiger charge is -2.30. The smallest absolute Gasteiger partial charge is 0.265 e. The number of carbonyl (C=O) groups excluding carboxylic acids is 4. The van der Waals surface area contributed by atoms with Crippen molar-refractivity contribution in [2.45, 2.75) is 9.79 Å². The Kier molecular flexibility index (Phi) is 5.00. The van der Waals surface area contributed by atoms with E-state index in [1.54, 1.807) is 72.8 Å². The molecule has 4 amide bonds. The fraction of sp³-hybridized carbons (Fsp3) is 0. The van der Waals surface area contributed by atoms with Gasteiger partial charge >= 0.3 is 0 Å². The highest BCUT2D eigenvalue weighted by molar-refractivity contribution is 7.80. The van der Waals surface area contributed by atoms with Crippen molar-refractivity contribution in [3.8, 4) is 0 Å². The second-order valence-corrected chi connectivity index (χ2v) is 12.1. The minimum atomic E-state index is -0.400. The molecule has 9 rings (SSSR count). The van der Waals surface area contributed by atoms with E-state index in [0.717, 1.165) is 32.3 Å². The summed E-state index contributed by atoms with van der Waals surface area (Å²) in [5.41, 5.74) is 2.66. The molecule has 0 atom stereocenters. The maximum atomic E-state index is 13.9. The topological polar surface area (TPSA) is 74.8 Å². The molecule has 8 heteroatoms.